The summed E-state index contributed by atoms with van der Waals surface area (Å²) in [6, 6.07) is 7.95. The predicted molar refractivity (Wildman–Crippen MR) is 76.1 cm³/mol. The van der Waals surface area contributed by atoms with E-state index in [0.717, 1.165) is 12.8 Å². The van der Waals surface area contributed by atoms with Crippen LogP contribution < -0.4 is 5.32 Å². The van der Waals surface area contributed by atoms with E-state index in [2.05, 4.69) is 17.4 Å². The zero-order valence-electron chi connectivity index (χ0n) is 11.8. The highest BCUT2D eigenvalue weighted by Crippen LogP contribution is 2.28. The maximum absolute atomic E-state index is 12.7. The van der Waals surface area contributed by atoms with Gasteiger partial charge >= 0.3 is 0 Å². The molecule has 1 aromatic rings. The number of carbonyl (C=O) groups excluding carboxylic acids is 2. The van der Waals surface area contributed by atoms with Crippen molar-refractivity contribution < 1.29 is 9.59 Å². The lowest BCUT2D eigenvalue weighted by molar-refractivity contribution is -0.146. The standard InChI is InChI=1S/C16H20N2O2/c1-2-14-15(19)17-7-8-18(14)16(20)13-9-11-5-3-4-6-12(11)10-13/h3-6,13-14H,2,7-10H2,1H3,(H,17,19). The largest absolute Gasteiger partial charge is 0.353 e. The third kappa shape index (κ3) is 2.19. The van der Waals surface area contributed by atoms with Crippen LogP contribution in [0.25, 0.3) is 0 Å². The van der Waals surface area contributed by atoms with Crippen molar-refractivity contribution in [3.05, 3.63) is 35.4 Å². The molecular weight excluding hydrogens is 252 g/mol. The Hall–Kier alpha value is -1.84. The summed E-state index contributed by atoms with van der Waals surface area (Å²) in [6.07, 6.45) is 2.30. The maximum atomic E-state index is 12.7. The number of rotatable bonds is 2. The molecule has 20 heavy (non-hydrogen) atoms. The van der Waals surface area contributed by atoms with Crippen molar-refractivity contribution in [2.45, 2.75) is 32.2 Å². The van der Waals surface area contributed by atoms with E-state index in [-0.39, 0.29) is 23.8 Å². The molecule has 2 aliphatic rings. The monoisotopic (exact) mass is 272 g/mol. The first kappa shape index (κ1) is 13.2. The van der Waals surface area contributed by atoms with Gasteiger partial charge in [-0.3, -0.25) is 9.59 Å². The minimum Gasteiger partial charge on any atom is -0.353 e. The molecule has 1 unspecified atom stereocenters. The van der Waals surface area contributed by atoms with Crippen molar-refractivity contribution in [3.8, 4) is 0 Å². The molecule has 2 amide bonds. The fourth-order valence-corrected chi connectivity index (χ4v) is 3.35. The summed E-state index contributed by atoms with van der Waals surface area (Å²) in [6.45, 7) is 3.16. The van der Waals surface area contributed by atoms with Crippen molar-refractivity contribution in [1.82, 2.24) is 10.2 Å². The van der Waals surface area contributed by atoms with Gasteiger partial charge < -0.3 is 10.2 Å². The van der Waals surface area contributed by atoms with Gasteiger partial charge in [-0.2, -0.15) is 0 Å². The van der Waals surface area contributed by atoms with Gasteiger partial charge in [0.1, 0.15) is 6.04 Å². The Morgan fingerprint density at radius 3 is 2.55 bits per heavy atom. The van der Waals surface area contributed by atoms with Crippen LogP contribution in [0.3, 0.4) is 0 Å². The fourth-order valence-electron chi connectivity index (χ4n) is 3.35. The molecule has 0 spiro atoms. The zero-order chi connectivity index (χ0) is 14.1. The lowest BCUT2D eigenvalue weighted by Gasteiger charge is -2.36. The van der Waals surface area contributed by atoms with Crippen LogP contribution in [0.5, 0.6) is 0 Å². The Morgan fingerprint density at radius 1 is 1.30 bits per heavy atom. The Morgan fingerprint density at radius 2 is 1.95 bits per heavy atom. The summed E-state index contributed by atoms with van der Waals surface area (Å²) in [4.78, 5) is 26.4. The number of piperazine rings is 1. The lowest BCUT2D eigenvalue weighted by Crippen LogP contribution is -2.58. The number of carbonyl (C=O) groups is 2. The van der Waals surface area contributed by atoms with E-state index in [1.54, 1.807) is 4.90 Å². The molecule has 4 heteroatoms. The van der Waals surface area contributed by atoms with E-state index in [1.165, 1.54) is 11.1 Å². The van der Waals surface area contributed by atoms with Crippen molar-refractivity contribution in [2.75, 3.05) is 13.1 Å². The van der Waals surface area contributed by atoms with Crippen molar-refractivity contribution in [2.24, 2.45) is 5.92 Å². The van der Waals surface area contributed by atoms with Crippen LogP contribution in [0.4, 0.5) is 0 Å². The number of benzene rings is 1. The normalized spacial score (nSPS) is 22.6. The van der Waals surface area contributed by atoms with Crippen LogP contribution in [0, 0.1) is 5.92 Å². The van der Waals surface area contributed by atoms with Crippen LogP contribution in [0.15, 0.2) is 24.3 Å². The van der Waals surface area contributed by atoms with Crippen LogP contribution in [0.1, 0.15) is 24.5 Å². The fraction of sp³-hybridized carbons (Fsp3) is 0.500. The van der Waals surface area contributed by atoms with Crippen LogP contribution in [0.2, 0.25) is 0 Å². The van der Waals surface area contributed by atoms with Gasteiger partial charge in [0.15, 0.2) is 0 Å². The molecule has 106 valence electrons. The second kappa shape index (κ2) is 5.27. The minimum atomic E-state index is -0.292. The molecule has 1 atom stereocenters. The average molecular weight is 272 g/mol. The Balaban J connectivity index is 1.75. The molecule has 1 N–H and O–H groups in total. The molecular formula is C16H20N2O2. The first-order chi connectivity index (χ1) is 9.70. The van der Waals surface area contributed by atoms with E-state index in [9.17, 15) is 9.59 Å². The smallest absolute Gasteiger partial charge is 0.242 e. The van der Waals surface area contributed by atoms with Crippen LogP contribution in [-0.2, 0) is 22.4 Å². The van der Waals surface area contributed by atoms with Crippen molar-refractivity contribution in [1.29, 1.82) is 0 Å². The molecule has 0 radical (unpaired) electrons. The van der Waals surface area contributed by atoms with Gasteiger partial charge in [0, 0.05) is 19.0 Å². The summed E-state index contributed by atoms with van der Waals surface area (Å²) in [5.74, 6) is 0.137. The first-order valence-electron chi connectivity index (χ1n) is 7.35. The number of nitrogens with one attached hydrogen (secondary N) is 1. The number of nitrogens with zero attached hydrogens (tertiary/aromatic N) is 1. The van der Waals surface area contributed by atoms with Gasteiger partial charge in [-0.15, -0.1) is 0 Å². The molecule has 1 saturated heterocycles. The number of fused-ring (bicyclic) bond motifs is 1. The second-order valence-electron chi connectivity index (χ2n) is 5.62. The third-order valence-electron chi connectivity index (χ3n) is 4.40. The maximum Gasteiger partial charge on any atom is 0.242 e. The quantitative estimate of drug-likeness (QED) is 0.877. The number of hydrogen-bond donors (Lipinski definition) is 1. The molecule has 4 nitrogen and oxygen atoms in total. The van der Waals surface area contributed by atoms with Gasteiger partial charge in [-0.25, -0.2) is 0 Å². The van der Waals surface area contributed by atoms with Gasteiger partial charge in [0.05, 0.1) is 0 Å². The SMILES string of the molecule is CCC1C(=O)NCCN1C(=O)C1Cc2ccccc2C1. The molecule has 0 bridgehead atoms. The van der Waals surface area contributed by atoms with Crippen molar-refractivity contribution in [3.63, 3.8) is 0 Å². The molecule has 1 heterocycles. The van der Waals surface area contributed by atoms with Crippen LogP contribution >= 0.6 is 0 Å². The molecule has 0 saturated carbocycles. The van der Waals surface area contributed by atoms with E-state index in [4.69, 9.17) is 0 Å². The highest BCUT2D eigenvalue weighted by Gasteiger charge is 2.37. The predicted octanol–water partition coefficient (Wildman–Crippen LogP) is 1.14. The molecule has 1 aliphatic heterocycles. The summed E-state index contributed by atoms with van der Waals surface area (Å²) in [5.41, 5.74) is 2.56. The van der Waals surface area contributed by atoms with Gasteiger partial charge in [0.25, 0.3) is 0 Å². The van der Waals surface area contributed by atoms with E-state index in [1.807, 2.05) is 19.1 Å². The van der Waals surface area contributed by atoms with E-state index in [0.29, 0.717) is 19.5 Å². The Labute approximate surface area is 119 Å². The summed E-state index contributed by atoms with van der Waals surface area (Å²) < 4.78 is 0. The summed E-state index contributed by atoms with van der Waals surface area (Å²) >= 11 is 0. The summed E-state index contributed by atoms with van der Waals surface area (Å²) in [7, 11) is 0. The molecule has 1 fully saturated rings. The summed E-state index contributed by atoms with van der Waals surface area (Å²) in [5, 5.41) is 2.84. The lowest BCUT2D eigenvalue weighted by atomic mass is 10.0. The number of hydrogen-bond acceptors (Lipinski definition) is 2. The first-order valence-corrected chi connectivity index (χ1v) is 7.35. The molecule has 3 rings (SSSR count). The topological polar surface area (TPSA) is 49.4 Å². The van der Waals surface area contributed by atoms with Gasteiger partial charge in [-0.1, -0.05) is 31.2 Å². The van der Waals surface area contributed by atoms with Crippen LogP contribution in [-0.4, -0.2) is 35.8 Å². The highest BCUT2D eigenvalue weighted by atomic mass is 16.2. The Bertz CT molecular complexity index is 516. The van der Waals surface area contributed by atoms with Gasteiger partial charge in [0.2, 0.25) is 11.8 Å². The molecule has 1 aliphatic carbocycles. The third-order valence-corrected chi connectivity index (χ3v) is 4.40. The van der Waals surface area contributed by atoms with Crippen molar-refractivity contribution >= 4 is 11.8 Å². The van der Waals surface area contributed by atoms with Gasteiger partial charge in [-0.05, 0) is 30.4 Å². The zero-order valence-corrected chi connectivity index (χ0v) is 11.8. The highest BCUT2D eigenvalue weighted by molar-refractivity contribution is 5.90. The molecule has 1 aromatic carbocycles. The molecule has 0 aromatic heterocycles. The van der Waals surface area contributed by atoms with E-state index < -0.39 is 0 Å². The average Bonchev–Trinajstić information content (AvgIpc) is 2.90. The second-order valence-corrected chi connectivity index (χ2v) is 5.62. The number of amides is 2. The Kier molecular flexibility index (Phi) is 3.47. The minimum absolute atomic E-state index is 0.00681. The van der Waals surface area contributed by atoms with E-state index >= 15 is 0 Å².